The topological polar surface area (TPSA) is 73.0 Å². The zero-order valence-electron chi connectivity index (χ0n) is 10.6. The molecule has 7 heteroatoms. The summed E-state index contributed by atoms with van der Waals surface area (Å²) in [5.41, 5.74) is 2.42. The Balaban J connectivity index is 2.23. The Morgan fingerprint density at radius 1 is 1.53 bits per heavy atom. The fourth-order valence-corrected chi connectivity index (χ4v) is 2.33. The van der Waals surface area contributed by atoms with Gasteiger partial charge in [0.15, 0.2) is 0 Å². The molecule has 0 bridgehead atoms. The molecule has 0 unspecified atom stereocenters. The first kappa shape index (κ1) is 13.5. The number of benzene rings is 1. The van der Waals surface area contributed by atoms with Gasteiger partial charge in [0.25, 0.3) is 5.69 Å². The molecule has 0 amide bonds. The monoisotopic (exact) mass is 324 g/mol. The van der Waals surface area contributed by atoms with Gasteiger partial charge in [-0.05, 0) is 28.9 Å². The number of anilines is 1. The molecule has 100 valence electrons. The van der Waals surface area contributed by atoms with Crippen LogP contribution in [0.25, 0.3) is 0 Å². The van der Waals surface area contributed by atoms with Crippen molar-refractivity contribution in [3.8, 4) is 0 Å². The van der Waals surface area contributed by atoms with Gasteiger partial charge in [-0.2, -0.15) is 0 Å². The third-order valence-corrected chi connectivity index (χ3v) is 3.51. The van der Waals surface area contributed by atoms with Gasteiger partial charge in [-0.1, -0.05) is 0 Å². The first-order valence-electron chi connectivity index (χ1n) is 5.62. The molecule has 0 aliphatic heterocycles. The van der Waals surface area contributed by atoms with Gasteiger partial charge in [-0.25, -0.2) is 4.98 Å². The molecule has 0 aliphatic rings. The molecule has 1 aromatic carbocycles. The van der Waals surface area contributed by atoms with Crippen LogP contribution in [0.15, 0.2) is 29.1 Å². The average Bonchev–Trinajstić information content (AvgIpc) is 2.73. The molecule has 0 aliphatic carbocycles. The van der Waals surface area contributed by atoms with Crippen LogP contribution in [0.3, 0.4) is 0 Å². The zero-order valence-corrected chi connectivity index (χ0v) is 12.1. The molecule has 0 spiro atoms. The molecule has 1 N–H and O–H groups in total. The highest BCUT2D eigenvalue weighted by Crippen LogP contribution is 2.30. The number of nitro groups is 1. The van der Waals surface area contributed by atoms with Crippen molar-refractivity contribution in [2.45, 2.75) is 13.5 Å². The van der Waals surface area contributed by atoms with Crippen LogP contribution in [0.1, 0.15) is 11.3 Å². The first-order chi connectivity index (χ1) is 8.99. The Bertz CT molecular complexity index is 624. The number of halogens is 1. The molecule has 1 heterocycles. The maximum Gasteiger partial charge on any atom is 0.274 e. The van der Waals surface area contributed by atoms with Crippen LogP contribution >= 0.6 is 15.9 Å². The van der Waals surface area contributed by atoms with E-state index in [1.54, 1.807) is 25.5 Å². The van der Waals surface area contributed by atoms with Gasteiger partial charge in [0, 0.05) is 29.3 Å². The standard InChI is InChI=1S/C12H13BrN4O2/c1-8-3-10(13)11(4-12(8)17(18)19)15-6-9-5-14-7-16(9)2/h3-5,7,15H,6H2,1-2H3. The van der Waals surface area contributed by atoms with E-state index in [2.05, 4.69) is 26.2 Å². The smallest absolute Gasteiger partial charge is 0.274 e. The summed E-state index contributed by atoms with van der Waals surface area (Å²) in [4.78, 5) is 14.6. The van der Waals surface area contributed by atoms with Crippen LogP contribution < -0.4 is 5.32 Å². The molecule has 6 nitrogen and oxygen atoms in total. The van der Waals surface area contributed by atoms with E-state index < -0.39 is 0 Å². The van der Waals surface area contributed by atoms with Crippen LogP contribution in [0.2, 0.25) is 0 Å². The molecule has 0 saturated heterocycles. The van der Waals surface area contributed by atoms with Crippen LogP contribution in [0.4, 0.5) is 11.4 Å². The van der Waals surface area contributed by atoms with Crippen molar-refractivity contribution in [2.24, 2.45) is 7.05 Å². The van der Waals surface area contributed by atoms with Crippen molar-refractivity contribution in [1.82, 2.24) is 9.55 Å². The molecule has 1 aromatic heterocycles. The summed E-state index contributed by atoms with van der Waals surface area (Å²) in [5.74, 6) is 0. The van der Waals surface area contributed by atoms with Crippen molar-refractivity contribution >= 4 is 27.3 Å². The van der Waals surface area contributed by atoms with Gasteiger partial charge in [0.1, 0.15) is 0 Å². The number of aromatic nitrogens is 2. The molecule has 19 heavy (non-hydrogen) atoms. The molecule has 0 fully saturated rings. The van der Waals surface area contributed by atoms with Crippen LogP contribution in [0.5, 0.6) is 0 Å². The minimum absolute atomic E-state index is 0.107. The highest BCUT2D eigenvalue weighted by molar-refractivity contribution is 9.10. The average molecular weight is 325 g/mol. The second-order valence-electron chi connectivity index (χ2n) is 4.23. The van der Waals surface area contributed by atoms with E-state index in [0.29, 0.717) is 17.8 Å². The lowest BCUT2D eigenvalue weighted by Crippen LogP contribution is -2.05. The molecule has 0 saturated carbocycles. The van der Waals surface area contributed by atoms with E-state index >= 15 is 0 Å². The van der Waals surface area contributed by atoms with E-state index in [9.17, 15) is 10.1 Å². The summed E-state index contributed by atoms with van der Waals surface area (Å²) >= 11 is 3.41. The normalized spacial score (nSPS) is 10.5. The van der Waals surface area contributed by atoms with Gasteiger partial charge in [0.05, 0.1) is 29.2 Å². The minimum Gasteiger partial charge on any atom is -0.378 e. The maximum atomic E-state index is 10.9. The van der Waals surface area contributed by atoms with Crippen molar-refractivity contribution in [1.29, 1.82) is 0 Å². The molecule has 0 radical (unpaired) electrons. The number of nitrogens with zero attached hydrogens (tertiary/aromatic N) is 3. The quantitative estimate of drug-likeness (QED) is 0.693. The summed E-state index contributed by atoms with van der Waals surface area (Å²) in [6.45, 7) is 2.27. The fourth-order valence-electron chi connectivity index (χ4n) is 1.73. The summed E-state index contributed by atoms with van der Waals surface area (Å²) < 4.78 is 2.70. The lowest BCUT2D eigenvalue weighted by atomic mass is 10.2. The number of nitro benzene ring substituents is 1. The van der Waals surface area contributed by atoms with Crippen molar-refractivity contribution < 1.29 is 4.92 Å². The summed E-state index contributed by atoms with van der Waals surface area (Å²) in [7, 11) is 1.90. The number of hydrogen-bond acceptors (Lipinski definition) is 4. The van der Waals surface area contributed by atoms with E-state index in [1.807, 2.05) is 11.6 Å². The summed E-state index contributed by atoms with van der Waals surface area (Å²) in [6, 6.07) is 3.28. The Morgan fingerprint density at radius 2 is 2.26 bits per heavy atom. The van der Waals surface area contributed by atoms with Crippen LogP contribution in [-0.4, -0.2) is 14.5 Å². The van der Waals surface area contributed by atoms with Gasteiger partial charge in [-0.15, -0.1) is 0 Å². The van der Waals surface area contributed by atoms with Gasteiger partial charge in [0.2, 0.25) is 0 Å². The van der Waals surface area contributed by atoms with Crippen molar-refractivity contribution in [3.63, 3.8) is 0 Å². The van der Waals surface area contributed by atoms with E-state index in [4.69, 9.17) is 0 Å². The second-order valence-corrected chi connectivity index (χ2v) is 5.08. The summed E-state index contributed by atoms with van der Waals surface area (Å²) in [6.07, 6.45) is 3.47. The molecular formula is C12H13BrN4O2. The highest BCUT2D eigenvalue weighted by atomic mass is 79.9. The second kappa shape index (κ2) is 5.40. The van der Waals surface area contributed by atoms with Crippen molar-refractivity contribution in [2.75, 3.05) is 5.32 Å². The third kappa shape index (κ3) is 2.93. The Labute approximate surface area is 118 Å². The third-order valence-electron chi connectivity index (χ3n) is 2.86. The van der Waals surface area contributed by atoms with E-state index in [-0.39, 0.29) is 10.6 Å². The molecular weight excluding hydrogens is 312 g/mol. The summed E-state index contributed by atoms with van der Waals surface area (Å²) in [5, 5.41) is 14.1. The largest absolute Gasteiger partial charge is 0.378 e. The van der Waals surface area contributed by atoms with Gasteiger partial charge < -0.3 is 9.88 Å². The number of hydrogen-bond donors (Lipinski definition) is 1. The number of aryl methyl sites for hydroxylation is 2. The van der Waals surface area contributed by atoms with E-state index in [0.717, 1.165) is 10.2 Å². The first-order valence-corrected chi connectivity index (χ1v) is 6.42. The SMILES string of the molecule is Cc1cc(Br)c(NCc2cncn2C)cc1[N+](=O)[O-]. The number of imidazole rings is 1. The maximum absolute atomic E-state index is 10.9. The minimum atomic E-state index is -0.378. The van der Waals surface area contributed by atoms with Crippen LogP contribution in [-0.2, 0) is 13.6 Å². The number of nitrogens with one attached hydrogen (secondary N) is 1. The Hall–Kier alpha value is -1.89. The highest BCUT2D eigenvalue weighted by Gasteiger charge is 2.14. The van der Waals surface area contributed by atoms with E-state index in [1.165, 1.54) is 6.07 Å². The molecule has 2 aromatic rings. The predicted octanol–water partition coefficient (Wildman–Crippen LogP) is 3.01. The number of rotatable bonds is 4. The van der Waals surface area contributed by atoms with Gasteiger partial charge >= 0.3 is 0 Å². The fraction of sp³-hybridized carbons (Fsp3) is 0.250. The van der Waals surface area contributed by atoms with Gasteiger partial charge in [-0.3, -0.25) is 10.1 Å². The molecule has 0 atom stereocenters. The van der Waals surface area contributed by atoms with Crippen molar-refractivity contribution in [3.05, 3.63) is 50.5 Å². The lowest BCUT2D eigenvalue weighted by molar-refractivity contribution is -0.385. The Kier molecular flexibility index (Phi) is 3.84. The predicted molar refractivity (Wildman–Crippen MR) is 76.1 cm³/mol. The van der Waals surface area contributed by atoms with Crippen LogP contribution in [0, 0.1) is 17.0 Å². The Morgan fingerprint density at radius 3 is 2.84 bits per heavy atom. The lowest BCUT2D eigenvalue weighted by Gasteiger charge is -2.10. The zero-order chi connectivity index (χ0) is 14.0. The molecule has 2 rings (SSSR count).